The Morgan fingerprint density at radius 3 is 2.28 bits per heavy atom. The molecule has 0 amide bonds. The lowest BCUT2D eigenvalue weighted by Crippen LogP contribution is -2.06. The molecular weight excluding hydrogens is 314 g/mol. The third kappa shape index (κ3) is 6.96. The summed E-state index contributed by atoms with van der Waals surface area (Å²) in [6.07, 6.45) is 4.41. The molecule has 4 nitrogen and oxygen atoms in total. The second-order valence-corrected chi connectivity index (χ2v) is 6.79. The van der Waals surface area contributed by atoms with Gasteiger partial charge in [0.05, 0.1) is 12.3 Å². The predicted octanol–water partition coefficient (Wildman–Crippen LogP) is 5.21. The van der Waals surface area contributed by atoms with Crippen molar-refractivity contribution in [3.63, 3.8) is 0 Å². The van der Waals surface area contributed by atoms with Gasteiger partial charge in [0.25, 0.3) is 0 Å². The highest BCUT2D eigenvalue weighted by Crippen LogP contribution is 2.23. The second-order valence-electron chi connectivity index (χ2n) is 6.79. The van der Waals surface area contributed by atoms with Gasteiger partial charge in [-0.3, -0.25) is 0 Å². The summed E-state index contributed by atoms with van der Waals surface area (Å²) in [6, 6.07) is 11.7. The molecule has 0 saturated heterocycles. The van der Waals surface area contributed by atoms with Gasteiger partial charge in [-0.25, -0.2) is 4.98 Å². The first-order valence-corrected chi connectivity index (χ1v) is 8.81. The first-order chi connectivity index (χ1) is 11.9. The maximum Gasteiger partial charge on any atom is 0.213 e. The first-order valence-electron chi connectivity index (χ1n) is 8.81. The summed E-state index contributed by atoms with van der Waals surface area (Å²) in [6.45, 7) is 7.71. The number of hydrogen-bond acceptors (Lipinski definition) is 4. The van der Waals surface area contributed by atoms with Crippen LogP contribution in [0.25, 0.3) is 0 Å². The number of Topliss-reactive ketones (excluding diaryl/α,β-unsaturated/α-hetero) is 1. The first kappa shape index (κ1) is 19.0. The van der Waals surface area contributed by atoms with Gasteiger partial charge in [0.15, 0.2) is 0 Å². The molecule has 0 aliphatic heterocycles. The fraction of sp³-hybridized carbons (Fsp3) is 0.429. The monoisotopic (exact) mass is 341 g/mol. The van der Waals surface area contributed by atoms with Crippen LogP contribution in [0.2, 0.25) is 0 Å². The Kier molecular flexibility index (Phi) is 6.99. The molecule has 2 rings (SSSR count). The van der Waals surface area contributed by atoms with Gasteiger partial charge in [0.2, 0.25) is 5.88 Å². The number of aryl methyl sites for hydroxylation is 1. The van der Waals surface area contributed by atoms with E-state index in [-0.39, 0.29) is 11.9 Å². The minimum Gasteiger partial charge on any atom is -0.475 e. The Morgan fingerprint density at radius 1 is 1.04 bits per heavy atom. The van der Waals surface area contributed by atoms with Crippen molar-refractivity contribution in [2.45, 2.75) is 53.1 Å². The number of nitrogens with zero attached hydrogens (tertiary/aromatic N) is 1. The second kappa shape index (κ2) is 9.21. The molecule has 1 atom stereocenters. The summed E-state index contributed by atoms with van der Waals surface area (Å²) in [4.78, 5) is 15.4. The fourth-order valence-corrected chi connectivity index (χ4v) is 2.60. The van der Waals surface area contributed by atoms with Crippen LogP contribution < -0.4 is 9.47 Å². The van der Waals surface area contributed by atoms with E-state index in [0.29, 0.717) is 24.0 Å². The van der Waals surface area contributed by atoms with E-state index in [9.17, 15) is 4.79 Å². The lowest BCUT2D eigenvalue weighted by molar-refractivity contribution is -0.117. The standard InChI is InChI=1S/C21H27NO3/c1-15(2)24-21-12-11-20(14-22-21)25-19-9-7-18(8-10-19)6-5-16(3)13-17(4)23/h7-12,14-16H,5-6,13H2,1-4H3/t16-/m1/s1. The van der Waals surface area contributed by atoms with E-state index in [1.807, 2.05) is 32.0 Å². The third-order valence-electron chi connectivity index (χ3n) is 3.79. The number of ketones is 1. The molecule has 0 spiro atoms. The van der Waals surface area contributed by atoms with Crippen LogP contribution in [0.4, 0.5) is 0 Å². The molecule has 0 radical (unpaired) electrons. The maximum absolute atomic E-state index is 11.1. The van der Waals surface area contributed by atoms with Gasteiger partial charge in [-0.15, -0.1) is 0 Å². The lowest BCUT2D eigenvalue weighted by Gasteiger charge is -2.11. The number of aromatic nitrogens is 1. The van der Waals surface area contributed by atoms with Crippen LogP contribution in [0.1, 0.15) is 46.1 Å². The Labute approximate surface area is 150 Å². The smallest absolute Gasteiger partial charge is 0.213 e. The minimum absolute atomic E-state index is 0.102. The summed E-state index contributed by atoms with van der Waals surface area (Å²) in [5.74, 6) is 2.73. The Hall–Kier alpha value is -2.36. The van der Waals surface area contributed by atoms with E-state index in [4.69, 9.17) is 9.47 Å². The summed E-state index contributed by atoms with van der Waals surface area (Å²) in [7, 11) is 0. The third-order valence-corrected chi connectivity index (χ3v) is 3.79. The summed E-state index contributed by atoms with van der Waals surface area (Å²) < 4.78 is 11.3. The van der Waals surface area contributed by atoms with Crippen molar-refractivity contribution in [2.24, 2.45) is 5.92 Å². The van der Waals surface area contributed by atoms with E-state index in [1.165, 1.54) is 5.56 Å². The van der Waals surface area contributed by atoms with E-state index >= 15 is 0 Å². The molecule has 0 aliphatic carbocycles. The van der Waals surface area contributed by atoms with Crippen molar-refractivity contribution in [1.29, 1.82) is 0 Å². The number of pyridine rings is 1. The SMILES string of the molecule is CC(=O)C[C@H](C)CCc1ccc(Oc2ccc(OC(C)C)nc2)cc1. The highest BCUT2D eigenvalue weighted by atomic mass is 16.5. The van der Waals surface area contributed by atoms with Gasteiger partial charge >= 0.3 is 0 Å². The Balaban J connectivity index is 1.86. The molecule has 0 saturated carbocycles. The molecule has 0 aliphatic rings. The van der Waals surface area contributed by atoms with Gasteiger partial charge in [-0.05, 0) is 63.3 Å². The van der Waals surface area contributed by atoms with Gasteiger partial charge in [0.1, 0.15) is 17.3 Å². The van der Waals surface area contributed by atoms with Crippen LogP contribution >= 0.6 is 0 Å². The molecule has 0 bridgehead atoms. The number of carbonyl (C=O) groups excluding carboxylic acids is 1. The maximum atomic E-state index is 11.1. The number of rotatable bonds is 9. The van der Waals surface area contributed by atoms with Crippen molar-refractivity contribution in [3.8, 4) is 17.4 Å². The molecule has 0 unspecified atom stereocenters. The van der Waals surface area contributed by atoms with Crippen molar-refractivity contribution >= 4 is 5.78 Å². The molecule has 25 heavy (non-hydrogen) atoms. The van der Waals surface area contributed by atoms with Crippen LogP contribution in [0.5, 0.6) is 17.4 Å². The average Bonchev–Trinajstić information content (AvgIpc) is 2.55. The summed E-state index contributed by atoms with van der Waals surface area (Å²) in [5, 5.41) is 0. The van der Waals surface area contributed by atoms with Crippen molar-refractivity contribution in [2.75, 3.05) is 0 Å². The van der Waals surface area contributed by atoms with E-state index in [2.05, 4.69) is 24.0 Å². The van der Waals surface area contributed by atoms with Gasteiger partial charge in [-0.1, -0.05) is 19.1 Å². The Bertz CT molecular complexity index is 663. The van der Waals surface area contributed by atoms with Crippen LogP contribution in [0.15, 0.2) is 42.6 Å². The minimum atomic E-state index is 0.102. The largest absolute Gasteiger partial charge is 0.475 e. The van der Waals surface area contributed by atoms with Gasteiger partial charge in [-0.2, -0.15) is 0 Å². The molecule has 0 N–H and O–H groups in total. The zero-order chi connectivity index (χ0) is 18.2. The molecular formula is C21H27NO3. The number of hydrogen-bond donors (Lipinski definition) is 0. The zero-order valence-corrected chi connectivity index (χ0v) is 15.5. The highest BCUT2D eigenvalue weighted by Gasteiger charge is 2.06. The number of carbonyl (C=O) groups is 1. The van der Waals surface area contributed by atoms with Crippen LogP contribution in [-0.2, 0) is 11.2 Å². The summed E-state index contributed by atoms with van der Waals surface area (Å²) in [5.41, 5.74) is 1.25. The topological polar surface area (TPSA) is 48.4 Å². The van der Waals surface area contributed by atoms with E-state index in [0.717, 1.165) is 18.6 Å². The lowest BCUT2D eigenvalue weighted by atomic mass is 9.97. The van der Waals surface area contributed by atoms with Gasteiger partial charge < -0.3 is 14.3 Å². The average molecular weight is 341 g/mol. The van der Waals surface area contributed by atoms with Crippen LogP contribution in [0, 0.1) is 5.92 Å². The van der Waals surface area contributed by atoms with E-state index < -0.39 is 0 Å². The van der Waals surface area contributed by atoms with Gasteiger partial charge in [0, 0.05) is 12.5 Å². The molecule has 0 fully saturated rings. The van der Waals surface area contributed by atoms with Crippen molar-refractivity contribution in [3.05, 3.63) is 48.2 Å². The molecule has 1 heterocycles. The summed E-state index contributed by atoms with van der Waals surface area (Å²) >= 11 is 0. The molecule has 1 aromatic carbocycles. The molecule has 2 aromatic rings. The van der Waals surface area contributed by atoms with Crippen LogP contribution in [0.3, 0.4) is 0 Å². The normalized spacial score (nSPS) is 12.0. The van der Waals surface area contributed by atoms with Crippen molar-refractivity contribution < 1.29 is 14.3 Å². The number of benzene rings is 1. The molecule has 4 heteroatoms. The number of ether oxygens (including phenoxy) is 2. The van der Waals surface area contributed by atoms with Crippen LogP contribution in [-0.4, -0.2) is 16.9 Å². The van der Waals surface area contributed by atoms with E-state index in [1.54, 1.807) is 19.2 Å². The zero-order valence-electron chi connectivity index (χ0n) is 15.5. The Morgan fingerprint density at radius 2 is 1.72 bits per heavy atom. The quantitative estimate of drug-likeness (QED) is 0.628. The molecule has 1 aromatic heterocycles. The predicted molar refractivity (Wildman–Crippen MR) is 99.3 cm³/mol. The highest BCUT2D eigenvalue weighted by molar-refractivity contribution is 5.75. The molecule has 134 valence electrons. The fourth-order valence-electron chi connectivity index (χ4n) is 2.60. The van der Waals surface area contributed by atoms with Crippen molar-refractivity contribution in [1.82, 2.24) is 4.98 Å².